The summed E-state index contributed by atoms with van der Waals surface area (Å²) in [5.41, 5.74) is 0. The molecular formula is C12H25N3O2S2. The number of rotatable bonds is 6. The Morgan fingerprint density at radius 3 is 2.68 bits per heavy atom. The number of aliphatic imine (C=N–C) groups is 1. The molecule has 7 heteroatoms. The Morgan fingerprint density at radius 2 is 2.16 bits per heavy atom. The van der Waals surface area contributed by atoms with Crippen LogP contribution >= 0.6 is 11.8 Å². The van der Waals surface area contributed by atoms with Gasteiger partial charge in [-0.3, -0.25) is 4.99 Å². The third-order valence-electron chi connectivity index (χ3n) is 2.98. The van der Waals surface area contributed by atoms with Crippen molar-refractivity contribution in [1.29, 1.82) is 0 Å². The van der Waals surface area contributed by atoms with Crippen LogP contribution in [0.2, 0.25) is 0 Å². The van der Waals surface area contributed by atoms with E-state index in [9.17, 15) is 8.42 Å². The average molecular weight is 307 g/mol. The summed E-state index contributed by atoms with van der Waals surface area (Å²) in [4.78, 5) is 4.57. The maximum absolute atomic E-state index is 11.1. The lowest BCUT2D eigenvalue weighted by molar-refractivity contribution is 0.599. The minimum Gasteiger partial charge on any atom is -0.357 e. The Kier molecular flexibility index (Phi) is 6.46. The normalized spacial score (nSPS) is 24.5. The summed E-state index contributed by atoms with van der Waals surface area (Å²) in [6, 6.07) is 0. The van der Waals surface area contributed by atoms with Gasteiger partial charge in [0.2, 0.25) is 0 Å². The minimum absolute atomic E-state index is 0.128. The third-order valence-corrected chi connectivity index (χ3v) is 5.45. The van der Waals surface area contributed by atoms with E-state index in [1.165, 1.54) is 24.9 Å². The second kappa shape index (κ2) is 7.38. The molecule has 0 spiro atoms. The zero-order chi connectivity index (χ0) is 14.4. The zero-order valence-electron chi connectivity index (χ0n) is 12.0. The molecule has 0 aromatic heterocycles. The van der Waals surface area contributed by atoms with E-state index in [2.05, 4.69) is 22.5 Å². The van der Waals surface area contributed by atoms with Crippen LogP contribution < -0.4 is 10.6 Å². The maximum atomic E-state index is 11.1. The van der Waals surface area contributed by atoms with Crippen molar-refractivity contribution < 1.29 is 8.42 Å². The summed E-state index contributed by atoms with van der Waals surface area (Å²) in [6.45, 7) is 6.18. The number of guanidine groups is 1. The highest BCUT2D eigenvalue weighted by Gasteiger charge is 2.29. The van der Waals surface area contributed by atoms with Gasteiger partial charge in [0.15, 0.2) is 5.96 Å². The highest BCUT2D eigenvalue weighted by Crippen LogP contribution is 2.37. The highest BCUT2D eigenvalue weighted by atomic mass is 32.2. The van der Waals surface area contributed by atoms with Crippen molar-refractivity contribution in [3.05, 3.63) is 0 Å². The Labute approximate surface area is 120 Å². The summed E-state index contributed by atoms with van der Waals surface area (Å²) in [5, 5.41) is 6.21. The minimum atomic E-state index is -2.93. The van der Waals surface area contributed by atoms with E-state index in [4.69, 9.17) is 0 Å². The molecular weight excluding hydrogens is 282 g/mol. The highest BCUT2D eigenvalue weighted by molar-refractivity contribution is 8.00. The SMILES string of the molecule is CCNC(=NCC1(C)CCCS1)NCCS(C)(=O)=O. The van der Waals surface area contributed by atoms with E-state index in [1.807, 2.05) is 18.7 Å². The van der Waals surface area contributed by atoms with E-state index < -0.39 is 9.84 Å². The molecule has 0 amide bonds. The van der Waals surface area contributed by atoms with Crippen LogP contribution in [0.15, 0.2) is 4.99 Å². The first kappa shape index (κ1) is 16.6. The van der Waals surface area contributed by atoms with Crippen molar-refractivity contribution in [2.45, 2.75) is 31.4 Å². The molecule has 1 aliphatic rings. The Morgan fingerprint density at radius 1 is 1.42 bits per heavy atom. The third kappa shape index (κ3) is 7.06. The quantitative estimate of drug-likeness (QED) is 0.563. The fourth-order valence-corrected chi connectivity index (χ4v) is 3.60. The summed E-state index contributed by atoms with van der Waals surface area (Å²) >= 11 is 1.97. The van der Waals surface area contributed by atoms with Crippen LogP contribution in [-0.4, -0.2) is 56.5 Å². The predicted octanol–water partition coefficient (Wildman–Crippen LogP) is 0.872. The van der Waals surface area contributed by atoms with Gasteiger partial charge >= 0.3 is 0 Å². The van der Waals surface area contributed by atoms with Gasteiger partial charge in [-0.25, -0.2) is 8.42 Å². The van der Waals surface area contributed by atoms with Gasteiger partial charge in [-0.1, -0.05) is 0 Å². The number of nitrogens with zero attached hydrogens (tertiary/aromatic N) is 1. The van der Waals surface area contributed by atoms with Crippen molar-refractivity contribution in [3.63, 3.8) is 0 Å². The molecule has 0 radical (unpaired) electrons. The molecule has 1 rings (SSSR count). The van der Waals surface area contributed by atoms with Crippen LogP contribution in [0.5, 0.6) is 0 Å². The van der Waals surface area contributed by atoms with Crippen LogP contribution in [0.25, 0.3) is 0 Å². The summed E-state index contributed by atoms with van der Waals surface area (Å²) in [5.74, 6) is 2.05. The fraction of sp³-hybridized carbons (Fsp3) is 0.917. The molecule has 112 valence electrons. The molecule has 1 aliphatic heterocycles. The van der Waals surface area contributed by atoms with E-state index in [0.717, 1.165) is 13.1 Å². The average Bonchev–Trinajstić information content (AvgIpc) is 2.72. The summed E-state index contributed by atoms with van der Waals surface area (Å²) in [7, 11) is -2.93. The van der Waals surface area contributed by atoms with Crippen molar-refractivity contribution in [2.75, 3.05) is 37.4 Å². The maximum Gasteiger partial charge on any atom is 0.191 e. The molecule has 1 fully saturated rings. The number of hydrogen-bond donors (Lipinski definition) is 2. The number of nitrogens with one attached hydrogen (secondary N) is 2. The van der Waals surface area contributed by atoms with Gasteiger partial charge in [-0.15, -0.1) is 0 Å². The van der Waals surface area contributed by atoms with Gasteiger partial charge in [-0.05, 0) is 32.4 Å². The molecule has 0 bridgehead atoms. The van der Waals surface area contributed by atoms with Crippen LogP contribution in [0.1, 0.15) is 26.7 Å². The molecule has 5 nitrogen and oxygen atoms in total. The van der Waals surface area contributed by atoms with Crippen molar-refractivity contribution in [2.24, 2.45) is 4.99 Å². The van der Waals surface area contributed by atoms with Gasteiger partial charge in [0.25, 0.3) is 0 Å². The standard InChI is InChI=1S/C12H25N3O2S2/c1-4-13-11(14-7-9-19(3,16)17)15-10-12(2)6-5-8-18-12/h4-10H2,1-3H3,(H2,13,14,15). The van der Waals surface area contributed by atoms with Crippen molar-refractivity contribution in [3.8, 4) is 0 Å². The second-order valence-electron chi connectivity index (χ2n) is 5.15. The first-order valence-electron chi connectivity index (χ1n) is 6.68. The van der Waals surface area contributed by atoms with Crippen molar-refractivity contribution in [1.82, 2.24) is 10.6 Å². The van der Waals surface area contributed by atoms with Crippen LogP contribution in [0, 0.1) is 0 Å². The smallest absolute Gasteiger partial charge is 0.191 e. The first-order valence-corrected chi connectivity index (χ1v) is 9.73. The summed E-state index contributed by atoms with van der Waals surface area (Å²) < 4.78 is 22.4. The van der Waals surface area contributed by atoms with Gasteiger partial charge in [-0.2, -0.15) is 11.8 Å². The zero-order valence-corrected chi connectivity index (χ0v) is 13.7. The molecule has 1 atom stereocenters. The largest absolute Gasteiger partial charge is 0.357 e. The van der Waals surface area contributed by atoms with Gasteiger partial charge in [0, 0.05) is 24.1 Å². The van der Waals surface area contributed by atoms with Gasteiger partial charge < -0.3 is 10.6 Å². The number of hydrogen-bond acceptors (Lipinski definition) is 4. The lowest BCUT2D eigenvalue weighted by Gasteiger charge is -2.21. The molecule has 0 saturated carbocycles. The second-order valence-corrected chi connectivity index (χ2v) is 9.10. The van der Waals surface area contributed by atoms with Gasteiger partial charge in [0.1, 0.15) is 9.84 Å². The summed E-state index contributed by atoms with van der Waals surface area (Å²) in [6.07, 6.45) is 3.70. The van der Waals surface area contributed by atoms with E-state index >= 15 is 0 Å². The molecule has 0 aliphatic carbocycles. The molecule has 2 N–H and O–H groups in total. The molecule has 1 unspecified atom stereocenters. The van der Waals surface area contributed by atoms with Crippen molar-refractivity contribution >= 4 is 27.6 Å². The van der Waals surface area contributed by atoms with E-state index in [1.54, 1.807) is 0 Å². The lowest BCUT2D eigenvalue weighted by atomic mass is 10.1. The number of thioether (sulfide) groups is 1. The van der Waals surface area contributed by atoms with Gasteiger partial charge in [0.05, 0.1) is 12.3 Å². The van der Waals surface area contributed by atoms with Crippen LogP contribution in [0.4, 0.5) is 0 Å². The lowest BCUT2D eigenvalue weighted by Crippen LogP contribution is -2.40. The predicted molar refractivity (Wildman–Crippen MR) is 83.8 cm³/mol. The molecule has 1 saturated heterocycles. The monoisotopic (exact) mass is 307 g/mol. The molecule has 19 heavy (non-hydrogen) atoms. The Hall–Kier alpha value is -0.430. The van der Waals surface area contributed by atoms with E-state index in [-0.39, 0.29) is 10.5 Å². The Balaban J connectivity index is 2.46. The molecule has 0 aromatic carbocycles. The Bertz CT molecular complexity index is 401. The van der Waals surface area contributed by atoms with E-state index in [0.29, 0.717) is 12.5 Å². The molecule has 0 aromatic rings. The van der Waals surface area contributed by atoms with Crippen LogP contribution in [0.3, 0.4) is 0 Å². The topological polar surface area (TPSA) is 70.6 Å². The van der Waals surface area contributed by atoms with Crippen LogP contribution in [-0.2, 0) is 9.84 Å². The number of sulfone groups is 1. The fourth-order valence-electron chi connectivity index (χ4n) is 1.90. The molecule has 1 heterocycles. The first-order chi connectivity index (χ1) is 8.85.